The molecule has 0 spiro atoms. The number of aryl methyl sites for hydroxylation is 1. The molecule has 0 unspecified atom stereocenters. The zero-order valence-corrected chi connectivity index (χ0v) is 12.1. The Bertz CT molecular complexity index is 809. The Morgan fingerprint density at radius 3 is 2.85 bits per heavy atom. The highest BCUT2D eigenvalue weighted by Crippen LogP contribution is 2.25. The van der Waals surface area contributed by atoms with E-state index in [4.69, 9.17) is 11.6 Å². The molecule has 2 aromatic heterocycles. The zero-order chi connectivity index (χ0) is 14.3. The number of halogens is 2. The number of thiophene rings is 1. The lowest BCUT2D eigenvalue weighted by Crippen LogP contribution is -2.15. The van der Waals surface area contributed by atoms with Crippen LogP contribution in [-0.2, 0) is 7.05 Å². The lowest BCUT2D eigenvalue weighted by Gasteiger charge is -2.07. The first-order valence-corrected chi connectivity index (χ1v) is 7.11. The molecule has 0 saturated heterocycles. The van der Waals surface area contributed by atoms with Crippen molar-refractivity contribution in [2.45, 2.75) is 0 Å². The lowest BCUT2D eigenvalue weighted by atomic mass is 10.3. The van der Waals surface area contributed by atoms with Crippen molar-refractivity contribution < 1.29 is 9.18 Å². The maximum Gasteiger partial charge on any atom is 0.272 e. The number of fused-ring (bicyclic) bond motifs is 1. The van der Waals surface area contributed by atoms with Crippen LogP contribution < -0.4 is 5.32 Å². The number of nitrogens with zero attached hydrogens (tertiary/aromatic N) is 1. The first-order chi connectivity index (χ1) is 9.56. The van der Waals surface area contributed by atoms with Crippen LogP contribution >= 0.6 is 22.9 Å². The molecule has 6 heteroatoms. The van der Waals surface area contributed by atoms with Crippen LogP contribution in [0.4, 0.5) is 10.1 Å². The molecule has 3 nitrogen and oxygen atoms in total. The standard InChI is InChI=1S/C14H10ClFN2OS/c1-18-11-4-5-20-13(11)7-12(18)14(19)17-8-2-3-10(16)9(15)6-8/h2-7H,1H3,(H,17,19). The summed E-state index contributed by atoms with van der Waals surface area (Å²) in [6, 6.07) is 7.89. The quantitative estimate of drug-likeness (QED) is 0.753. The van der Waals surface area contributed by atoms with E-state index in [2.05, 4.69) is 5.32 Å². The van der Waals surface area contributed by atoms with Gasteiger partial charge in [0.05, 0.1) is 15.2 Å². The van der Waals surface area contributed by atoms with Gasteiger partial charge in [0.15, 0.2) is 0 Å². The van der Waals surface area contributed by atoms with Crippen molar-refractivity contribution in [2.75, 3.05) is 5.32 Å². The predicted molar refractivity (Wildman–Crippen MR) is 80.2 cm³/mol. The van der Waals surface area contributed by atoms with E-state index in [1.165, 1.54) is 18.2 Å². The van der Waals surface area contributed by atoms with E-state index in [0.29, 0.717) is 11.4 Å². The first kappa shape index (κ1) is 13.1. The summed E-state index contributed by atoms with van der Waals surface area (Å²) in [5.41, 5.74) is 2.02. The Morgan fingerprint density at radius 2 is 2.15 bits per heavy atom. The van der Waals surface area contributed by atoms with Crippen molar-refractivity contribution in [3.63, 3.8) is 0 Å². The van der Waals surface area contributed by atoms with E-state index in [0.717, 1.165) is 10.2 Å². The van der Waals surface area contributed by atoms with Gasteiger partial charge in [-0.25, -0.2) is 4.39 Å². The van der Waals surface area contributed by atoms with Crippen LogP contribution in [0.25, 0.3) is 10.2 Å². The molecule has 1 aromatic carbocycles. The van der Waals surface area contributed by atoms with Crippen LogP contribution in [-0.4, -0.2) is 10.5 Å². The fourth-order valence-electron chi connectivity index (χ4n) is 2.04. The van der Waals surface area contributed by atoms with Gasteiger partial charge < -0.3 is 9.88 Å². The number of amides is 1. The Kier molecular flexibility index (Phi) is 3.23. The number of anilines is 1. The smallest absolute Gasteiger partial charge is 0.272 e. The van der Waals surface area contributed by atoms with Crippen molar-refractivity contribution in [3.8, 4) is 0 Å². The summed E-state index contributed by atoms with van der Waals surface area (Å²) in [5, 5.41) is 4.67. The molecule has 0 aliphatic rings. The van der Waals surface area contributed by atoms with E-state index in [-0.39, 0.29) is 10.9 Å². The van der Waals surface area contributed by atoms with Gasteiger partial charge in [0.25, 0.3) is 5.91 Å². The second-order valence-electron chi connectivity index (χ2n) is 4.34. The largest absolute Gasteiger partial charge is 0.339 e. The Labute approximate surface area is 123 Å². The number of hydrogen-bond acceptors (Lipinski definition) is 2. The summed E-state index contributed by atoms with van der Waals surface area (Å²) in [4.78, 5) is 12.2. The van der Waals surface area contributed by atoms with E-state index in [1.807, 2.05) is 29.1 Å². The van der Waals surface area contributed by atoms with Gasteiger partial charge >= 0.3 is 0 Å². The lowest BCUT2D eigenvalue weighted by molar-refractivity contribution is 0.102. The van der Waals surface area contributed by atoms with Crippen molar-refractivity contribution >= 4 is 44.7 Å². The van der Waals surface area contributed by atoms with Crippen molar-refractivity contribution in [1.82, 2.24) is 4.57 Å². The molecular weight excluding hydrogens is 299 g/mol. The molecule has 3 rings (SSSR count). The van der Waals surface area contributed by atoms with Crippen molar-refractivity contribution in [1.29, 1.82) is 0 Å². The normalized spacial score (nSPS) is 10.9. The summed E-state index contributed by atoms with van der Waals surface area (Å²) in [6.45, 7) is 0. The van der Waals surface area contributed by atoms with Gasteiger partial charge in [-0.1, -0.05) is 11.6 Å². The molecular formula is C14H10ClFN2OS. The van der Waals surface area contributed by atoms with Crippen LogP contribution in [0.1, 0.15) is 10.5 Å². The van der Waals surface area contributed by atoms with E-state index < -0.39 is 5.82 Å². The Hall–Kier alpha value is -1.85. The molecule has 0 fully saturated rings. The third-order valence-corrected chi connectivity index (χ3v) is 4.22. The highest BCUT2D eigenvalue weighted by atomic mass is 35.5. The highest BCUT2D eigenvalue weighted by molar-refractivity contribution is 7.17. The molecule has 0 aliphatic carbocycles. The Balaban J connectivity index is 1.90. The maximum atomic E-state index is 13.1. The van der Waals surface area contributed by atoms with E-state index >= 15 is 0 Å². The van der Waals surface area contributed by atoms with Gasteiger partial charge in [0.1, 0.15) is 11.5 Å². The van der Waals surface area contributed by atoms with Crippen molar-refractivity contribution in [2.24, 2.45) is 7.05 Å². The second-order valence-corrected chi connectivity index (χ2v) is 5.70. The minimum Gasteiger partial charge on any atom is -0.339 e. The number of rotatable bonds is 2. The number of nitrogens with one attached hydrogen (secondary N) is 1. The number of hydrogen-bond donors (Lipinski definition) is 1. The van der Waals surface area contributed by atoms with E-state index in [9.17, 15) is 9.18 Å². The van der Waals surface area contributed by atoms with Crippen LogP contribution in [0.15, 0.2) is 35.7 Å². The number of benzene rings is 1. The molecule has 0 saturated carbocycles. The second kappa shape index (κ2) is 4.92. The van der Waals surface area contributed by atoms with Gasteiger partial charge in [-0.05, 0) is 35.7 Å². The van der Waals surface area contributed by atoms with Gasteiger partial charge in [-0.2, -0.15) is 0 Å². The fraction of sp³-hybridized carbons (Fsp3) is 0.0714. The minimum absolute atomic E-state index is 0.0179. The number of carbonyl (C=O) groups is 1. The molecule has 0 radical (unpaired) electrons. The van der Waals surface area contributed by atoms with Crippen LogP contribution in [0.3, 0.4) is 0 Å². The topological polar surface area (TPSA) is 34.0 Å². The highest BCUT2D eigenvalue weighted by Gasteiger charge is 2.14. The minimum atomic E-state index is -0.510. The van der Waals surface area contributed by atoms with Gasteiger partial charge in [-0.3, -0.25) is 4.79 Å². The van der Waals surface area contributed by atoms with Crippen LogP contribution in [0.2, 0.25) is 5.02 Å². The molecule has 1 N–H and O–H groups in total. The zero-order valence-electron chi connectivity index (χ0n) is 10.5. The SMILES string of the molecule is Cn1c(C(=O)Nc2ccc(F)c(Cl)c2)cc2sccc21. The summed E-state index contributed by atoms with van der Waals surface area (Å²) in [7, 11) is 1.83. The molecule has 0 bridgehead atoms. The van der Waals surface area contributed by atoms with Crippen LogP contribution in [0, 0.1) is 5.82 Å². The fourth-order valence-corrected chi connectivity index (χ4v) is 3.07. The van der Waals surface area contributed by atoms with Gasteiger partial charge in [-0.15, -0.1) is 11.3 Å². The molecule has 2 heterocycles. The van der Waals surface area contributed by atoms with E-state index in [1.54, 1.807) is 11.3 Å². The summed E-state index contributed by atoms with van der Waals surface area (Å²) in [5.74, 6) is -0.761. The third-order valence-electron chi connectivity index (χ3n) is 3.07. The summed E-state index contributed by atoms with van der Waals surface area (Å²) < 4.78 is 16.0. The molecule has 20 heavy (non-hydrogen) atoms. The molecule has 0 aliphatic heterocycles. The van der Waals surface area contributed by atoms with Gasteiger partial charge in [0, 0.05) is 12.7 Å². The number of carbonyl (C=O) groups excluding carboxylic acids is 1. The molecule has 0 atom stereocenters. The summed E-state index contributed by atoms with van der Waals surface area (Å²) in [6.07, 6.45) is 0. The third kappa shape index (κ3) is 2.19. The van der Waals surface area contributed by atoms with Crippen molar-refractivity contribution in [3.05, 3.63) is 52.2 Å². The van der Waals surface area contributed by atoms with Crippen LogP contribution in [0.5, 0.6) is 0 Å². The molecule has 102 valence electrons. The Morgan fingerprint density at radius 1 is 1.35 bits per heavy atom. The average molecular weight is 309 g/mol. The first-order valence-electron chi connectivity index (χ1n) is 5.85. The van der Waals surface area contributed by atoms with Gasteiger partial charge in [0.2, 0.25) is 0 Å². The average Bonchev–Trinajstić information content (AvgIpc) is 2.97. The predicted octanol–water partition coefficient (Wildman–Crippen LogP) is 4.28. The monoisotopic (exact) mass is 308 g/mol. The molecule has 3 aromatic rings. The summed E-state index contributed by atoms with van der Waals surface area (Å²) >= 11 is 7.27. The number of aromatic nitrogens is 1. The maximum absolute atomic E-state index is 13.1. The molecule has 1 amide bonds.